The van der Waals surface area contributed by atoms with Gasteiger partial charge in [0.05, 0.1) is 22.4 Å². The van der Waals surface area contributed by atoms with Gasteiger partial charge in [-0.05, 0) is 32.9 Å². The molecule has 0 aliphatic carbocycles. The average molecular weight is 282 g/mol. The Balaban J connectivity index is 2.09. The minimum Gasteiger partial charge on any atom is -0.377 e. The number of hydrogen-bond acceptors (Lipinski definition) is 2. The molecule has 5 heteroatoms. The van der Waals surface area contributed by atoms with Crippen LogP contribution in [0, 0.1) is 5.82 Å². The molecular weight excluding hydrogens is 265 g/mol. The zero-order valence-electron chi connectivity index (χ0n) is 11.2. The van der Waals surface area contributed by atoms with Crippen molar-refractivity contribution in [3.63, 3.8) is 0 Å². The lowest BCUT2D eigenvalue weighted by Crippen LogP contribution is -2.22. The van der Waals surface area contributed by atoms with Crippen LogP contribution in [0.1, 0.15) is 26.3 Å². The van der Waals surface area contributed by atoms with Crippen LogP contribution in [0.3, 0.4) is 0 Å². The van der Waals surface area contributed by atoms with Gasteiger partial charge in [-0.25, -0.2) is 4.39 Å². The summed E-state index contributed by atoms with van der Waals surface area (Å²) in [5.74, 6) is -0.351. The monoisotopic (exact) mass is 281 g/mol. The quantitative estimate of drug-likeness (QED) is 0.920. The third-order valence-corrected chi connectivity index (χ3v) is 3.07. The number of para-hydroxylation sites is 1. The van der Waals surface area contributed by atoms with Crippen molar-refractivity contribution < 1.29 is 4.39 Å². The number of benzene rings is 1. The number of aromatic nitrogens is 2. The lowest BCUT2D eigenvalue weighted by atomic mass is 10.1. The first-order valence-corrected chi connectivity index (χ1v) is 6.47. The van der Waals surface area contributed by atoms with Crippen LogP contribution in [0.2, 0.25) is 5.02 Å². The van der Waals surface area contributed by atoms with E-state index in [1.807, 2.05) is 10.9 Å². The first-order chi connectivity index (χ1) is 8.88. The molecule has 1 N–H and O–H groups in total. The smallest absolute Gasteiger partial charge is 0.147 e. The largest absolute Gasteiger partial charge is 0.377 e. The predicted molar refractivity (Wildman–Crippen MR) is 76.0 cm³/mol. The van der Waals surface area contributed by atoms with E-state index in [1.54, 1.807) is 18.3 Å². The molecule has 0 aliphatic rings. The van der Waals surface area contributed by atoms with Crippen molar-refractivity contribution in [2.45, 2.75) is 32.9 Å². The second-order valence-electron chi connectivity index (χ2n) is 5.41. The Labute approximate surface area is 117 Å². The van der Waals surface area contributed by atoms with Gasteiger partial charge in [0.25, 0.3) is 0 Å². The van der Waals surface area contributed by atoms with Gasteiger partial charge >= 0.3 is 0 Å². The molecule has 1 heterocycles. The van der Waals surface area contributed by atoms with Crippen LogP contribution >= 0.6 is 11.6 Å². The Bertz CT molecular complexity index is 552. The fourth-order valence-corrected chi connectivity index (χ4v) is 1.91. The molecule has 1 aromatic carbocycles. The minimum atomic E-state index is -0.351. The Kier molecular flexibility index (Phi) is 3.80. The SMILES string of the molecule is CC(C)(C)n1cc(CNc2c(F)cccc2Cl)cn1. The maximum atomic E-state index is 13.6. The van der Waals surface area contributed by atoms with Crippen LogP contribution in [0.4, 0.5) is 10.1 Å². The second kappa shape index (κ2) is 5.21. The average Bonchev–Trinajstić information content (AvgIpc) is 2.77. The third kappa shape index (κ3) is 3.26. The molecule has 0 aliphatic heterocycles. The molecular formula is C14H17ClFN3. The summed E-state index contributed by atoms with van der Waals surface area (Å²) in [6, 6.07) is 4.62. The molecule has 0 atom stereocenters. The van der Waals surface area contributed by atoms with Crippen molar-refractivity contribution in [3.8, 4) is 0 Å². The van der Waals surface area contributed by atoms with Crippen LogP contribution in [-0.2, 0) is 12.1 Å². The summed E-state index contributed by atoms with van der Waals surface area (Å²) in [6.45, 7) is 6.71. The third-order valence-electron chi connectivity index (χ3n) is 2.76. The lowest BCUT2D eigenvalue weighted by molar-refractivity contribution is 0.355. The molecule has 0 fully saturated rings. The zero-order valence-corrected chi connectivity index (χ0v) is 12.0. The first-order valence-electron chi connectivity index (χ1n) is 6.10. The van der Waals surface area contributed by atoms with E-state index in [0.717, 1.165) is 5.56 Å². The highest BCUT2D eigenvalue weighted by Gasteiger charge is 2.14. The number of anilines is 1. The number of nitrogens with one attached hydrogen (secondary N) is 1. The van der Waals surface area contributed by atoms with E-state index in [4.69, 9.17) is 11.6 Å². The highest BCUT2D eigenvalue weighted by molar-refractivity contribution is 6.33. The highest BCUT2D eigenvalue weighted by Crippen LogP contribution is 2.25. The molecule has 0 bridgehead atoms. The van der Waals surface area contributed by atoms with Crippen LogP contribution in [0.25, 0.3) is 0 Å². The Hall–Kier alpha value is -1.55. The maximum absolute atomic E-state index is 13.6. The molecule has 0 spiro atoms. The number of nitrogens with zero attached hydrogens (tertiary/aromatic N) is 2. The summed E-state index contributed by atoms with van der Waals surface area (Å²) in [4.78, 5) is 0. The van der Waals surface area contributed by atoms with Gasteiger partial charge in [0.1, 0.15) is 5.82 Å². The van der Waals surface area contributed by atoms with Gasteiger partial charge in [0, 0.05) is 18.3 Å². The molecule has 3 nitrogen and oxygen atoms in total. The standard InChI is InChI=1S/C14H17ClFN3/c1-14(2,3)19-9-10(8-18-19)7-17-13-11(15)5-4-6-12(13)16/h4-6,8-9,17H,7H2,1-3H3. The van der Waals surface area contributed by atoms with E-state index in [2.05, 4.69) is 31.2 Å². The number of rotatable bonds is 3. The van der Waals surface area contributed by atoms with E-state index in [-0.39, 0.29) is 11.4 Å². The predicted octanol–water partition coefficient (Wildman–Crippen LogP) is 4.04. The highest BCUT2D eigenvalue weighted by atomic mass is 35.5. The minimum absolute atomic E-state index is 0.0616. The van der Waals surface area contributed by atoms with Gasteiger partial charge in [-0.2, -0.15) is 5.10 Å². The zero-order chi connectivity index (χ0) is 14.0. The van der Waals surface area contributed by atoms with Crippen LogP contribution in [0.5, 0.6) is 0 Å². The van der Waals surface area contributed by atoms with Crippen molar-refractivity contribution in [3.05, 3.63) is 47.0 Å². The molecule has 102 valence electrons. The Morgan fingerprint density at radius 2 is 2.11 bits per heavy atom. The van der Waals surface area contributed by atoms with E-state index in [0.29, 0.717) is 17.3 Å². The van der Waals surface area contributed by atoms with Crippen molar-refractivity contribution in [1.29, 1.82) is 0 Å². The van der Waals surface area contributed by atoms with Crippen LogP contribution in [-0.4, -0.2) is 9.78 Å². The molecule has 0 saturated carbocycles. The molecule has 0 amide bonds. The van der Waals surface area contributed by atoms with Gasteiger partial charge in [-0.3, -0.25) is 4.68 Å². The number of halogens is 2. The normalized spacial score (nSPS) is 11.6. The van der Waals surface area contributed by atoms with Crippen LogP contribution in [0.15, 0.2) is 30.6 Å². The van der Waals surface area contributed by atoms with Crippen molar-refractivity contribution in [2.75, 3.05) is 5.32 Å². The summed E-state index contributed by atoms with van der Waals surface area (Å²) in [6.07, 6.45) is 3.72. The summed E-state index contributed by atoms with van der Waals surface area (Å²) in [5, 5.41) is 7.67. The summed E-state index contributed by atoms with van der Waals surface area (Å²) >= 11 is 5.95. The second-order valence-corrected chi connectivity index (χ2v) is 5.82. The van der Waals surface area contributed by atoms with Gasteiger partial charge in [0.2, 0.25) is 0 Å². The van der Waals surface area contributed by atoms with Gasteiger partial charge in [0.15, 0.2) is 0 Å². The summed E-state index contributed by atoms with van der Waals surface area (Å²) in [7, 11) is 0. The van der Waals surface area contributed by atoms with Crippen molar-refractivity contribution in [2.24, 2.45) is 0 Å². The Morgan fingerprint density at radius 1 is 1.37 bits per heavy atom. The molecule has 0 radical (unpaired) electrons. The van der Waals surface area contributed by atoms with Gasteiger partial charge in [-0.1, -0.05) is 17.7 Å². The molecule has 19 heavy (non-hydrogen) atoms. The number of hydrogen-bond donors (Lipinski definition) is 1. The molecule has 1 aromatic heterocycles. The fraction of sp³-hybridized carbons (Fsp3) is 0.357. The summed E-state index contributed by atoms with van der Waals surface area (Å²) in [5.41, 5.74) is 1.25. The van der Waals surface area contributed by atoms with E-state index in [9.17, 15) is 4.39 Å². The van der Waals surface area contributed by atoms with Gasteiger partial charge < -0.3 is 5.32 Å². The lowest BCUT2D eigenvalue weighted by Gasteiger charge is -2.18. The molecule has 0 unspecified atom stereocenters. The van der Waals surface area contributed by atoms with Crippen LogP contribution < -0.4 is 5.32 Å². The fourth-order valence-electron chi connectivity index (χ4n) is 1.68. The molecule has 2 aromatic rings. The van der Waals surface area contributed by atoms with E-state index in [1.165, 1.54) is 6.07 Å². The van der Waals surface area contributed by atoms with Gasteiger partial charge in [-0.15, -0.1) is 0 Å². The topological polar surface area (TPSA) is 29.9 Å². The van der Waals surface area contributed by atoms with E-state index < -0.39 is 0 Å². The van der Waals surface area contributed by atoms with Crippen molar-refractivity contribution >= 4 is 17.3 Å². The van der Waals surface area contributed by atoms with Crippen molar-refractivity contribution in [1.82, 2.24) is 9.78 Å². The molecule has 2 rings (SSSR count). The molecule has 0 saturated heterocycles. The summed E-state index contributed by atoms with van der Waals surface area (Å²) < 4.78 is 15.5. The maximum Gasteiger partial charge on any atom is 0.147 e. The van der Waals surface area contributed by atoms with E-state index >= 15 is 0 Å². The first kappa shape index (κ1) is 13.9. The Morgan fingerprint density at radius 3 is 2.68 bits per heavy atom.